The first-order valence-electron chi connectivity index (χ1n) is 8.94. The summed E-state index contributed by atoms with van der Waals surface area (Å²) in [6.45, 7) is 5.55. The molecule has 134 valence electrons. The summed E-state index contributed by atoms with van der Waals surface area (Å²) in [5.74, 6) is 5.78. The highest BCUT2D eigenvalue weighted by Crippen LogP contribution is 2.39. The molecule has 6 nitrogen and oxygen atoms in total. The first-order valence-corrected chi connectivity index (χ1v) is 8.94. The van der Waals surface area contributed by atoms with E-state index in [1.54, 1.807) is 11.5 Å². The van der Waals surface area contributed by atoms with Crippen LogP contribution in [0.2, 0.25) is 0 Å². The van der Waals surface area contributed by atoms with E-state index in [9.17, 15) is 14.0 Å². The van der Waals surface area contributed by atoms with Gasteiger partial charge in [0.25, 0.3) is 5.56 Å². The van der Waals surface area contributed by atoms with Crippen LogP contribution in [0.3, 0.4) is 0 Å². The minimum Gasteiger partial charge on any atom is -0.369 e. The molecule has 0 spiro atoms. The van der Waals surface area contributed by atoms with Crippen LogP contribution in [0.4, 0.5) is 10.1 Å². The van der Waals surface area contributed by atoms with Gasteiger partial charge in [-0.3, -0.25) is 9.36 Å². The Hall–Kier alpha value is -2.31. The first kappa shape index (κ1) is 16.2. The van der Waals surface area contributed by atoms with Gasteiger partial charge in [-0.15, -0.1) is 0 Å². The lowest BCUT2D eigenvalue weighted by Gasteiger charge is -2.24. The molecule has 0 radical (unpaired) electrons. The number of aromatic nitrogens is 2. The van der Waals surface area contributed by atoms with E-state index in [2.05, 4.69) is 6.92 Å². The van der Waals surface area contributed by atoms with Gasteiger partial charge in [0.05, 0.1) is 16.6 Å². The Morgan fingerprint density at radius 1 is 1.28 bits per heavy atom. The normalized spacial score (nSPS) is 20.6. The summed E-state index contributed by atoms with van der Waals surface area (Å²) in [6.07, 6.45) is 3.85. The fraction of sp³-hybridized carbons (Fsp3) is 0.556. The van der Waals surface area contributed by atoms with Crippen molar-refractivity contribution in [1.82, 2.24) is 9.24 Å². The minimum absolute atomic E-state index is 0.0457. The molecule has 2 N–H and O–H groups in total. The Labute approximate surface area is 144 Å². The maximum Gasteiger partial charge on any atom is 0.350 e. The summed E-state index contributed by atoms with van der Waals surface area (Å²) in [7, 11) is 0. The lowest BCUT2D eigenvalue weighted by molar-refractivity contribution is 0.566. The average Bonchev–Trinajstić information content (AvgIpc) is 3.31. The molecule has 2 aromatic rings. The maximum absolute atomic E-state index is 14.9. The Balaban J connectivity index is 2.01. The van der Waals surface area contributed by atoms with Crippen LogP contribution >= 0.6 is 0 Å². The van der Waals surface area contributed by atoms with Crippen molar-refractivity contribution in [1.29, 1.82) is 0 Å². The van der Waals surface area contributed by atoms with E-state index < -0.39 is 17.1 Å². The van der Waals surface area contributed by atoms with Crippen LogP contribution in [0.25, 0.3) is 10.9 Å². The summed E-state index contributed by atoms with van der Waals surface area (Å²) < 4.78 is 17.1. The summed E-state index contributed by atoms with van der Waals surface area (Å²) in [5, 5.41) is 0.180. The number of benzene rings is 1. The first-order chi connectivity index (χ1) is 11.9. The molecule has 0 amide bonds. The zero-order valence-corrected chi connectivity index (χ0v) is 14.6. The highest BCUT2D eigenvalue weighted by molar-refractivity contribution is 5.87. The van der Waals surface area contributed by atoms with Crippen LogP contribution in [0.5, 0.6) is 0 Å². The molecule has 4 rings (SSSR count). The summed E-state index contributed by atoms with van der Waals surface area (Å²) in [6, 6.07) is 1.30. The number of anilines is 1. The van der Waals surface area contributed by atoms with Crippen LogP contribution in [-0.2, 0) is 0 Å². The van der Waals surface area contributed by atoms with E-state index in [1.165, 1.54) is 6.07 Å². The monoisotopic (exact) mass is 346 g/mol. The van der Waals surface area contributed by atoms with Crippen LogP contribution in [-0.4, -0.2) is 22.3 Å². The van der Waals surface area contributed by atoms with Crippen LogP contribution in [0, 0.1) is 18.7 Å². The molecule has 1 aromatic heterocycles. The largest absolute Gasteiger partial charge is 0.369 e. The third-order valence-electron chi connectivity index (χ3n) is 5.66. The number of rotatable bonds is 3. The van der Waals surface area contributed by atoms with Crippen LogP contribution in [0.1, 0.15) is 44.2 Å². The molecule has 2 fully saturated rings. The van der Waals surface area contributed by atoms with Gasteiger partial charge in [0.2, 0.25) is 0 Å². The van der Waals surface area contributed by atoms with Crippen molar-refractivity contribution in [2.45, 2.75) is 45.6 Å². The van der Waals surface area contributed by atoms with Crippen LogP contribution in [0.15, 0.2) is 15.7 Å². The second-order valence-electron chi connectivity index (χ2n) is 7.30. The SMILES string of the molecule is CC[C@@H]1CCN(c2c(F)cc3c(=O)n(N)c(=O)n(C4CC4)c3c2C)C1. The Morgan fingerprint density at radius 2 is 2.00 bits per heavy atom. The molecule has 1 saturated carbocycles. The summed E-state index contributed by atoms with van der Waals surface area (Å²) >= 11 is 0. The lowest BCUT2D eigenvalue weighted by atomic mass is 10.1. The quantitative estimate of drug-likeness (QED) is 0.862. The molecule has 1 atom stereocenters. The molecule has 1 aliphatic heterocycles. The van der Waals surface area contributed by atoms with Crippen molar-refractivity contribution in [3.8, 4) is 0 Å². The smallest absolute Gasteiger partial charge is 0.350 e. The predicted molar refractivity (Wildman–Crippen MR) is 96.2 cm³/mol. The average molecular weight is 346 g/mol. The number of hydrogen-bond acceptors (Lipinski definition) is 4. The molecule has 0 unspecified atom stereocenters. The van der Waals surface area contributed by atoms with Crippen molar-refractivity contribution in [2.75, 3.05) is 23.8 Å². The van der Waals surface area contributed by atoms with Crippen molar-refractivity contribution in [3.05, 3.63) is 38.3 Å². The van der Waals surface area contributed by atoms with Crippen molar-refractivity contribution in [2.24, 2.45) is 5.92 Å². The Morgan fingerprint density at radius 3 is 2.60 bits per heavy atom. The molecule has 25 heavy (non-hydrogen) atoms. The molecule has 1 aliphatic carbocycles. The highest BCUT2D eigenvalue weighted by atomic mass is 19.1. The zero-order chi connectivity index (χ0) is 17.9. The molecule has 7 heteroatoms. The van der Waals surface area contributed by atoms with E-state index in [4.69, 9.17) is 5.84 Å². The molecule has 2 aliphatic rings. The van der Waals surface area contributed by atoms with Gasteiger partial charge in [0.1, 0.15) is 5.82 Å². The molecule has 0 bridgehead atoms. The van der Waals surface area contributed by atoms with Crippen molar-refractivity contribution >= 4 is 16.6 Å². The third-order valence-corrected chi connectivity index (χ3v) is 5.66. The van der Waals surface area contributed by atoms with E-state index in [-0.39, 0.29) is 11.4 Å². The number of nitrogens with two attached hydrogens (primary N) is 1. The summed E-state index contributed by atoms with van der Waals surface area (Å²) in [5.41, 5.74) is 0.558. The van der Waals surface area contributed by atoms with Gasteiger partial charge >= 0.3 is 5.69 Å². The van der Waals surface area contributed by atoms with Gasteiger partial charge in [-0.05, 0) is 38.2 Å². The predicted octanol–water partition coefficient (Wildman–Crippen LogP) is 1.90. The number of nitrogen functional groups attached to an aromatic ring is 1. The zero-order valence-electron chi connectivity index (χ0n) is 14.6. The lowest BCUT2D eigenvalue weighted by Crippen LogP contribution is -2.44. The van der Waals surface area contributed by atoms with Gasteiger partial charge in [0, 0.05) is 24.7 Å². The number of aryl methyl sites for hydroxylation is 1. The number of hydrogen-bond donors (Lipinski definition) is 1. The number of fused-ring (bicyclic) bond motifs is 1. The van der Waals surface area contributed by atoms with E-state index in [0.717, 1.165) is 38.8 Å². The Kier molecular flexibility index (Phi) is 3.63. The maximum atomic E-state index is 14.9. The third kappa shape index (κ3) is 2.36. The Bertz CT molecular complexity index is 974. The molecule has 2 heterocycles. The van der Waals surface area contributed by atoms with Gasteiger partial charge in [-0.1, -0.05) is 13.3 Å². The number of nitrogens with zero attached hydrogens (tertiary/aromatic N) is 3. The molecule has 1 aromatic carbocycles. The highest BCUT2D eigenvalue weighted by Gasteiger charge is 2.32. The molecule has 1 saturated heterocycles. The molecular formula is C18H23FN4O2. The van der Waals surface area contributed by atoms with Crippen molar-refractivity contribution in [3.63, 3.8) is 0 Å². The second kappa shape index (κ2) is 5.61. The van der Waals surface area contributed by atoms with Gasteiger partial charge in [-0.25, -0.2) is 9.18 Å². The van der Waals surface area contributed by atoms with Crippen LogP contribution < -0.4 is 22.0 Å². The topological polar surface area (TPSA) is 73.3 Å². The summed E-state index contributed by atoms with van der Waals surface area (Å²) in [4.78, 5) is 27.0. The minimum atomic E-state index is -0.640. The van der Waals surface area contributed by atoms with E-state index >= 15 is 0 Å². The fourth-order valence-corrected chi connectivity index (χ4v) is 4.09. The van der Waals surface area contributed by atoms with E-state index in [0.29, 0.717) is 27.4 Å². The standard InChI is InChI=1S/C18H23FN4O2/c1-3-11-6-7-21(9-11)16-10(2)15-13(8-14(16)19)17(24)23(20)18(25)22(15)12-4-5-12/h8,11-12H,3-7,9,20H2,1-2H3/t11-/m1/s1. The molecular weight excluding hydrogens is 323 g/mol. The van der Waals surface area contributed by atoms with Gasteiger partial charge in [0.15, 0.2) is 0 Å². The number of halogens is 1. The van der Waals surface area contributed by atoms with Crippen molar-refractivity contribution < 1.29 is 4.39 Å². The second-order valence-corrected chi connectivity index (χ2v) is 7.30. The van der Waals surface area contributed by atoms with Gasteiger partial charge < -0.3 is 10.7 Å². The van der Waals surface area contributed by atoms with Gasteiger partial charge in [-0.2, -0.15) is 4.68 Å². The fourth-order valence-electron chi connectivity index (χ4n) is 4.09. The van der Waals surface area contributed by atoms with E-state index in [1.807, 2.05) is 4.90 Å².